The van der Waals surface area contributed by atoms with E-state index < -0.39 is 10.8 Å². The first-order valence-electron chi connectivity index (χ1n) is 9.43. The van der Waals surface area contributed by atoms with E-state index in [4.69, 9.17) is 0 Å². The minimum atomic E-state index is -0.504. The highest BCUT2D eigenvalue weighted by Crippen LogP contribution is 2.27. The van der Waals surface area contributed by atoms with Crippen LogP contribution in [-0.2, 0) is 0 Å². The second-order valence-corrected chi connectivity index (χ2v) is 7.17. The van der Waals surface area contributed by atoms with Crippen LogP contribution in [0, 0.1) is 23.0 Å². The predicted octanol–water partition coefficient (Wildman–Crippen LogP) is 5.13. The van der Waals surface area contributed by atoms with Gasteiger partial charge in [-0.15, -0.1) is 0 Å². The zero-order valence-corrected chi connectivity index (χ0v) is 16.1. The maximum Gasteiger partial charge on any atom is 0.294 e. The molecule has 0 spiro atoms. The molecule has 2 aromatic rings. The molecule has 3 rings (SSSR count). The molecule has 0 heterocycles. The molecule has 2 aromatic carbocycles. The van der Waals surface area contributed by atoms with Gasteiger partial charge in [0.1, 0.15) is 5.69 Å². The molecule has 1 amide bonds. The minimum Gasteiger partial charge on any atom is -0.322 e. The van der Waals surface area contributed by atoms with Crippen LogP contribution in [0.5, 0.6) is 0 Å². The van der Waals surface area contributed by atoms with Crippen molar-refractivity contribution in [1.82, 2.24) is 0 Å². The van der Waals surface area contributed by atoms with Crippen molar-refractivity contribution in [3.63, 3.8) is 0 Å². The van der Waals surface area contributed by atoms with E-state index in [2.05, 4.69) is 22.8 Å². The van der Waals surface area contributed by atoms with Crippen molar-refractivity contribution in [2.75, 3.05) is 10.7 Å². The van der Waals surface area contributed by atoms with Gasteiger partial charge in [0.25, 0.3) is 11.6 Å². The van der Waals surface area contributed by atoms with E-state index in [-0.39, 0.29) is 16.9 Å². The smallest absolute Gasteiger partial charge is 0.294 e. The Balaban J connectivity index is 1.78. The topological polar surface area (TPSA) is 96.6 Å². The third-order valence-electron chi connectivity index (χ3n) is 4.97. The molecule has 1 fully saturated rings. The minimum absolute atomic E-state index is 0.177. The van der Waals surface area contributed by atoms with Gasteiger partial charge in [0.15, 0.2) is 0 Å². The maximum atomic E-state index is 12.5. The Bertz CT molecular complexity index is 906. The fourth-order valence-corrected chi connectivity index (χ4v) is 3.23. The van der Waals surface area contributed by atoms with Crippen molar-refractivity contribution in [2.24, 2.45) is 11.0 Å². The van der Waals surface area contributed by atoms with E-state index >= 15 is 0 Å². The SMILES string of the molecule is Cc1ccc(NC(=O)c2ccc(NN=C3CCCC[C@@H]3C)c([N+](=O)[O-])c2)cc1. The Morgan fingerprint density at radius 3 is 2.61 bits per heavy atom. The van der Waals surface area contributed by atoms with Crippen LogP contribution in [0.25, 0.3) is 0 Å². The first kappa shape index (κ1) is 19.5. The number of nitrogens with one attached hydrogen (secondary N) is 2. The van der Waals surface area contributed by atoms with Crippen molar-refractivity contribution in [3.05, 3.63) is 63.7 Å². The van der Waals surface area contributed by atoms with Crippen LogP contribution in [0.1, 0.15) is 48.5 Å². The summed E-state index contributed by atoms with van der Waals surface area (Å²) < 4.78 is 0. The lowest BCUT2D eigenvalue weighted by atomic mass is 9.89. The summed E-state index contributed by atoms with van der Waals surface area (Å²) in [7, 11) is 0. The number of anilines is 2. The van der Waals surface area contributed by atoms with E-state index in [1.165, 1.54) is 18.6 Å². The summed E-state index contributed by atoms with van der Waals surface area (Å²) in [6, 6.07) is 11.7. The Kier molecular flexibility index (Phi) is 6.03. The summed E-state index contributed by atoms with van der Waals surface area (Å²) in [4.78, 5) is 23.4. The van der Waals surface area contributed by atoms with Crippen molar-refractivity contribution < 1.29 is 9.72 Å². The molecule has 0 unspecified atom stereocenters. The van der Waals surface area contributed by atoms with E-state index in [9.17, 15) is 14.9 Å². The lowest BCUT2D eigenvalue weighted by Gasteiger charge is -2.20. The number of hydrazone groups is 1. The fraction of sp³-hybridized carbons (Fsp3) is 0.333. The van der Waals surface area contributed by atoms with Crippen LogP contribution < -0.4 is 10.7 Å². The Labute approximate surface area is 164 Å². The zero-order valence-electron chi connectivity index (χ0n) is 16.1. The monoisotopic (exact) mass is 380 g/mol. The van der Waals surface area contributed by atoms with Gasteiger partial charge in [-0.25, -0.2) is 0 Å². The van der Waals surface area contributed by atoms with E-state index in [1.807, 2.05) is 19.1 Å². The lowest BCUT2D eigenvalue weighted by molar-refractivity contribution is -0.384. The summed E-state index contributed by atoms with van der Waals surface area (Å²) in [5.41, 5.74) is 5.90. The quantitative estimate of drug-likeness (QED) is 0.555. The zero-order chi connectivity index (χ0) is 20.1. The molecular weight excluding hydrogens is 356 g/mol. The van der Waals surface area contributed by atoms with Gasteiger partial charge in [0, 0.05) is 23.0 Å². The molecule has 0 radical (unpaired) electrons. The average Bonchev–Trinajstić information content (AvgIpc) is 2.69. The summed E-state index contributed by atoms with van der Waals surface area (Å²) >= 11 is 0. The van der Waals surface area contributed by atoms with Gasteiger partial charge in [-0.05, 0) is 56.4 Å². The van der Waals surface area contributed by atoms with Crippen LogP contribution in [0.4, 0.5) is 17.1 Å². The number of nitrogens with zero attached hydrogens (tertiary/aromatic N) is 2. The Morgan fingerprint density at radius 2 is 1.93 bits per heavy atom. The highest BCUT2D eigenvalue weighted by molar-refractivity contribution is 6.05. The molecule has 0 aromatic heterocycles. The molecule has 1 atom stereocenters. The van der Waals surface area contributed by atoms with Gasteiger partial charge < -0.3 is 5.32 Å². The number of carbonyl (C=O) groups excluding carboxylic acids is 1. The second-order valence-electron chi connectivity index (χ2n) is 7.17. The Morgan fingerprint density at radius 1 is 1.18 bits per heavy atom. The molecule has 28 heavy (non-hydrogen) atoms. The third-order valence-corrected chi connectivity index (χ3v) is 4.97. The molecule has 0 aliphatic heterocycles. The van der Waals surface area contributed by atoms with Gasteiger partial charge in [-0.3, -0.25) is 20.3 Å². The molecule has 1 aliphatic rings. The van der Waals surface area contributed by atoms with Gasteiger partial charge in [0.2, 0.25) is 0 Å². The van der Waals surface area contributed by atoms with Crippen LogP contribution in [-0.4, -0.2) is 16.5 Å². The van der Waals surface area contributed by atoms with E-state index in [1.54, 1.807) is 18.2 Å². The van der Waals surface area contributed by atoms with Crippen LogP contribution in [0.2, 0.25) is 0 Å². The third kappa shape index (κ3) is 4.73. The summed E-state index contributed by atoms with van der Waals surface area (Å²) in [6.07, 6.45) is 4.26. The first-order chi connectivity index (χ1) is 13.4. The highest BCUT2D eigenvalue weighted by Gasteiger charge is 2.19. The number of benzene rings is 2. The van der Waals surface area contributed by atoms with Crippen molar-refractivity contribution >= 4 is 28.7 Å². The Hall–Kier alpha value is -3.22. The number of amides is 1. The van der Waals surface area contributed by atoms with E-state index in [0.29, 0.717) is 11.6 Å². The molecule has 146 valence electrons. The molecule has 1 saturated carbocycles. The second kappa shape index (κ2) is 8.65. The molecule has 7 heteroatoms. The van der Waals surface area contributed by atoms with Crippen molar-refractivity contribution in [1.29, 1.82) is 0 Å². The van der Waals surface area contributed by atoms with Gasteiger partial charge in [-0.1, -0.05) is 31.0 Å². The van der Waals surface area contributed by atoms with Crippen LogP contribution in [0.3, 0.4) is 0 Å². The van der Waals surface area contributed by atoms with Crippen molar-refractivity contribution in [2.45, 2.75) is 39.5 Å². The van der Waals surface area contributed by atoms with E-state index in [0.717, 1.165) is 30.5 Å². The maximum absolute atomic E-state index is 12.5. The summed E-state index contributed by atoms with van der Waals surface area (Å²) in [6.45, 7) is 4.07. The number of nitro benzene ring substituents is 1. The standard InChI is InChI=1S/C21H24N4O3/c1-14-7-10-17(11-8-14)22-21(26)16-9-12-19(20(13-16)25(27)28)24-23-18-6-4-3-5-15(18)2/h7-13,15,24H,3-6H2,1-2H3,(H,22,26)/t15-/m0/s1. The number of rotatable bonds is 5. The summed E-state index contributed by atoms with van der Waals surface area (Å²) in [5, 5.41) is 18.6. The number of hydrogen-bond donors (Lipinski definition) is 2. The number of aryl methyl sites for hydroxylation is 1. The number of nitro groups is 1. The van der Waals surface area contributed by atoms with Gasteiger partial charge >= 0.3 is 0 Å². The predicted molar refractivity (Wildman–Crippen MR) is 111 cm³/mol. The summed E-state index contributed by atoms with van der Waals surface area (Å²) in [5.74, 6) is -0.0226. The molecule has 7 nitrogen and oxygen atoms in total. The lowest BCUT2D eigenvalue weighted by Crippen LogP contribution is -2.17. The highest BCUT2D eigenvalue weighted by atomic mass is 16.6. The van der Waals surface area contributed by atoms with Gasteiger partial charge in [-0.2, -0.15) is 5.10 Å². The largest absolute Gasteiger partial charge is 0.322 e. The number of hydrogen-bond acceptors (Lipinski definition) is 5. The first-order valence-corrected chi connectivity index (χ1v) is 9.43. The molecule has 1 aliphatic carbocycles. The number of carbonyl (C=O) groups is 1. The van der Waals surface area contributed by atoms with Crippen LogP contribution in [0.15, 0.2) is 47.6 Å². The molecular formula is C21H24N4O3. The normalized spacial score (nSPS) is 17.9. The molecule has 0 bridgehead atoms. The fourth-order valence-electron chi connectivity index (χ4n) is 3.23. The van der Waals surface area contributed by atoms with Crippen LogP contribution >= 0.6 is 0 Å². The average molecular weight is 380 g/mol. The molecule has 2 N–H and O–H groups in total. The molecule has 0 saturated heterocycles. The van der Waals surface area contributed by atoms with Crippen molar-refractivity contribution in [3.8, 4) is 0 Å². The van der Waals surface area contributed by atoms with Gasteiger partial charge in [0.05, 0.1) is 4.92 Å².